The van der Waals surface area contributed by atoms with Gasteiger partial charge in [0.25, 0.3) is 0 Å². The summed E-state index contributed by atoms with van der Waals surface area (Å²) in [5.74, 6) is 0.225. The monoisotopic (exact) mass is 268 g/mol. The average Bonchev–Trinajstić information content (AvgIpc) is 2.06. The Morgan fingerprint density at radius 1 is 1.36 bits per heavy atom. The second-order valence-electron chi connectivity index (χ2n) is 2.81. The second kappa shape index (κ2) is 4.21. The fourth-order valence-corrected chi connectivity index (χ4v) is 1.12. The molecule has 0 bridgehead atoms. The normalized spacial score (nSPS) is 11.5. The second-order valence-corrected chi connectivity index (χ2v) is 3.67. The molecule has 0 fully saturated rings. The molecule has 0 radical (unpaired) electrons. The molecule has 1 nitrogen and oxygen atoms in total. The van der Waals surface area contributed by atoms with Crippen LogP contribution in [-0.2, 0) is 0 Å². The molecular weight excluding hydrogens is 261 g/mol. The zero-order chi connectivity index (χ0) is 10.8. The van der Waals surface area contributed by atoms with Gasteiger partial charge in [-0.1, -0.05) is 15.9 Å². The summed E-state index contributed by atoms with van der Waals surface area (Å²) >= 11 is 3.24. The van der Waals surface area contributed by atoms with Gasteiger partial charge in [0.2, 0.25) is 0 Å². The van der Waals surface area contributed by atoms with Gasteiger partial charge < -0.3 is 4.74 Å². The molecule has 0 heterocycles. The van der Waals surface area contributed by atoms with Gasteiger partial charge in [0.15, 0.2) is 6.61 Å². The van der Waals surface area contributed by atoms with Gasteiger partial charge in [0.1, 0.15) is 5.75 Å². The van der Waals surface area contributed by atoms with Crippen LogP contribution < -0.4 is 4.74 Å². The van der Waals surface area contributed by atoms with Gasteiger partial charge in [-0.2, -0.15) is 13.2 Å². The summed E-state index contributed by atoms with van der Waals surface area (Å²) in [6.45, 7) is 0.526. The third kappa shape index (κ3) is 3.57. The fourth-order valence-electron chi connectivity index (χ4n) is 0.872. The van der Waals surface area contributed by atoms with Crippen molar-refractivity contribution in [2.24, 2.45) is 0 Å². The number of alkyl halides is 3. The van der Waals surface area contributed by atoms with E-state index in [2.05, 4.69) is 20.7 Å². The van der Waals surface area contributed by atoms with Gasteiger partial charge in [-0.25, -0.2) is 0 Å². The topological polar surface area (TPSA) is 9.23 Å². The van der Waals surface area contributed by atoms with E-state index in [-0.39, 0.29) is 5.75 Å². The predicted molar refractivity (Wildman–Crippen MR) is 50.4 cm³/mol. The summed E-state index contributed by atoms with van der Waals surface area (Å²) in [6, 6.07) is 4.69. The highest BCUT2D eigenvalue weighted by Crippen LogP contribution is 2.23. The van der Waals surface area contributed by atoms with E-state index in [4.69, 9.17) is 0 Å². The van der Waals surface area contributed by atoms with E-state index in [1.807, 2.05) is 0 Å². The first-order valence-corrected chi connectivity index (χ1v) is 4.63. The number of hydrogen-bond acceptors (Lipinski definition) is 1. The van der Waals surface area contributed by atoms with E-state index in [0.29, 0.717) is 0 Å². The molecule has 0 aliphatic heterocycles. The number of benzene rings is 1. The van der Waals surface area contributed by atoms with Gasteiger partial charge in [-0.15, -0.1) is 0 Å². The molecule has 1 aromatic carbocycles. The van der Waals surface area contributed by atoms with Crippen LogP contribution in [0.15, 0.2) is 22.7 Å². The highest BCUT2D eigenvalue weighted by atomic mass is 79.9. The number of rotatable bonds is 2. The van der Waals surface area contributed by atoms with Crippen LogP contribution in [0, 0.1) is 6.92 Å². The van der Waals surface area contributed by atoms with Gasteiger partial charge in [0.05, 0.1) is 0 Å². The number of hydrogen-bond donors (Lipinski definition) is 0. The largest absolute Gasteiger partial charge is 0.484 e. The van der Waals surface area contributed by atoms with Crippen LogP contribution in [0.2, 0.25) is 0 Å². The van der Waals surface area contributed by atoms with E-state index < -0.39 is 12.8 Å². The summed E-state index contributed by atoms with van der Waals surface area (Å²) in [7, 11) is 0. The van der Waals surface area contributed by atoms with Crippen molar-refractivity contribution in [2.45, 2.75) is 13.1 Å². The van der Waals surface area contributed by atoms with Crippen LogP contribution in [0.25, 0.3) is 0 Å². The van der Waals surface area contributed by atoms with Crippen LogP contribution in [0.4, 0.5) is 13.2 Å². The Balaban J connectivity index is 2.65. The van der Waals surface area contributed by atoms with Gasteiger partial charge >= 0.3 is 6.18 Å². The maximum absolute atomic E-state index is 11.8. The number of aryl methyl sites for hydroxylation is 1. The van der Waals surface area contributed by atoms with E-state index in [1.54, 1.807) is 19.1 Å². The van der Waals surface area contributed by atoms with Crippen molar-refractivity contribution in [2.75, 3.05) is 6.61 Å². The molecular formula is C9H8BrF3O. The van der Waals surface area contributed by atoms with Crippen LogP contribution in [0.3, 0.4) is 0 Å². The summed E-state index contributed by atoms with van der Waals surface area (Å²) in [6.07, 6.45) is -4.29. The van der Waals surface area contributed by atoms with Crippen molar-refractivity contribution in [3.8, 4) is 5.75 Å². The predicted octanol–water partition coefficient (Wildman–Crippen LogP) is 3.70. The summed E-state index contributed by atoms with van der Waals surface area (Å²) < 4.78 is 40.8. The van der Waals surface area contributed by atoms with E-state index >= 15 is 0 Å². The van der Waals surface area contributed by atoms with Crippen molar-refractivity contribution in [3.05, 3.63) is 28.2 Å². The Kier molecular flexibility index (Phi) is 3.42. The molecule has 1 aromatic rings. The first-order valence-electron chi connectivity index (χ1n) is 3.84. The van der Waals surface area contributed by atoms with Crippen molar-refractivity contribution in [1.29, 1.82) is 0 Å². The Morgan fingerprint density at radius 3 is 2.50 bits per heavy atom. The molecule has 0 saturated carbocycles. The van der Waals surface area contributed by atoms with Crippen molar-refractivity contribution in [1.82, 2.24) is 0 Å². The number of halogens is 4. The number of ether oxygens (including phenoxy) is 1. The van der Waals surface area contributed by atoms with Crippen LogP contribution in [0.5, 0.6) is 5.75 Å². The summed E-state index contributed by atoms with van der Waals surface area (Å²) in [4.78, 5) is 0. The van der Waals surface area contributed by atoms with Crippen molar-refractivity contribution >= 4 is 15.9 Å². The lowest BCUT2D eigenvalue weighted by Gasteiger charge is -2.09. The third-order valence-corrected chi connectivity index (χ3v) is 2.42. The zero-order valence-corrected chi connectivity index (χ0v) is 8.95. The molecule has 78 valence electrons. The third-order valence-electron chi connectivity index (χ3n) is 1.53. The molecule has 0 amide bonds. The first kappa shape index (κ1) is 11.4. The Morgan fingerprint density at radius 2 is 2.00 bits per heavy atom. The maximum Gasteiger partial charge on any atom is 0.422 e. The Labute approximate surface area is 88.0 Å². The quantitative estimate of drug-likeness (QED) is 0.795. The molecule has 0 N–H and O–H groups in total. The van der Waals surface area contributed by atoms with Crippen LogP contribution in [0.1, 0.15) is 5.56 Å². The molecule has 0 aliphatic carbocycles. The van der Waals surface area contributed by atoms with Crippen molar-refractivity contribution in [3.63, 3.8) is 0 Å². The summed E-state index contributed by atoms with van der Waals surface area (Å²) in [5.41, 5.74) is 0.838. The lowest BCUT2D eigenvalue weighted by atomic mass is 10.2. The molecule has 0 unspecified atom stereocenters. The first-order chi connectivity index (χ1) is 6.38. The maximum atomic E-state index is 11.8. The SMILES string of the molecule is Cc1cc(OCC(F)(F)F)ccc1Br. The van der Waals surface area contributed by atoms with E-state index in [0.717, 1.165) is 10.0 Å². The minimum Gasteiger partial charge on any atom is -0.484 e. The van der Waals surface area contributed by atoms with Crippen LogP contribution >= 0.6 is 15.9 Å². The molecule has 0 atom stereocenters. The van der Waals surface area contributed by atoms with E-state index in [1.165, 1.54) is 6.07 Å². The standard InChI is InChI=1S/C9H8BrF3O/c1-6-4-7(2-3-8(6)10)14-5-9(11,12)13/h2-4H,5H2,1H3. The lowest BCUT2D eigenvalue weighted by Crippen LogP contribution is -2.19. The molecule has 1 rings (SSSR count). The fraction of sp³-hybridized carbons (Fsp3) is 0.333. The molecule has 0 spiro atoms. The van der Waals surface area contributed by atoms with Crippen molar-refractivity contribution < 1.29 is 17.9 Å². The highest BCUT2D eigenvalue weighted by molar-refractivity contribution is 9.10. The van der Waals surface area contributed by atoms with Gasteiger partial charge in [0, 0.05) is 4.47 Å². The van der Waals surface area contributed by atoms with Crippen LogP contribution in [-0.4, -0.2) is 12.8 Å². The lowest BCUT2D eigenvalue weighted by molar-refractivity contribution is -0.153. The zero-order valence-electron chi connectivity index (χ0n) is 7.36. The minimum absolute atomic E-state index is 0.225. The van der Waals surface area contributed by atoms with Gasteiger partial charge in [-0.3, -0.25) is 0 Å². The molecule has 5 heteroatoms. The minimum atomic E-state index is -4.29. The molecule has 0 aliphatic rings. The van der Waals surface area contributed by atoms with E-state index in [9.17, 15) is 13.2 Å². The average molecular weight is 269 g/mol. The van der Waals surface area contributed by atoms with Gasteiger partial charge in [-0.05, 0) is 30.7 Å². The summed E-state index contributed by atoms with van der Waals surface area (Å²) in [5, 5.41) is 0. The Hall–Kier alpha value is -0.710. The molecule has 14 heavy (non-hydrogen) atoms. The smallest absolute Gasteiger partial charge is 0.422 e. The molecule has 0 aromatic heterocycles. The molecule has 0 saturated heterocycles. The highest BCUT2D eigenvalue weighted by Gasteiger charge is 2.28. The Bertz CT molecular complexity index is 322.